The van der Waals surface area contributed by atoms with Gasteiger partial charge in [0.2, 0.25) is 5.91 Å². The van der Waals surface area contributed by atoms with Crippen LogP contribution in [0.3, 0.4) is 0 Å². The zero-order valence-electron chi connectivity index (χ0n) is 11.0. The van der Waals surface area contributed by atoms with Gasteiger partial charge in [-0.3, -0.25) is 4.79 Å². The first-order valence-electron chi connectivity index (χ1n) is 7.14. The maximum Gasteiger partial charge on any atom is 0.224 e. The van der Waals surface area contributed by atoms with Gasteiger partial charge in [0.25, 0.3) is 0 Å². The molecule has 3 heteroatoms. The minimum Gasteiger partial charge on any atom is -0.355 e. The van der Waals surface area contributed by atoms with Gasteiger partial charge in [0.1, 0.15) is 0 Å². The van der Waals surface area contributed by atoms with E-state index in [1.54, 1.807) is 0 Å². The number of amides is 1. The molecule has 0 radical (unpaired) electrons. The number of rotatable bonds is 3. The highest BCUT2D eigenvalue weighted by atomic mass is 16.1. The van der Waals surface area contributed by atoms with E-state index in [1.165, 1.54) is 32.1 Å². The normalized spacial score (nSPS) is 32.4. The highest BCUT2D eigenvalue weighted by Crippen LogP contribution is 2.36. The van der Waals surface area contributed by atoms with E-state index in [-0.39, 0.29) is 17.9 Å². The van der Waals surface area contributed by atoms with Crippen molar-refractivity contribution in [3.05, 3.63) is 0 Å². The molecular formula is C14H26N2O. The molecule has 2 aliphatic carbocycles. The lowest BCUT2D eigenvalue weighted by Crippen LogP contribution is -2.45. The lowest BCUT2D eigenvalue weighted by Gasteiger charge is -2.30. The Hall–Kier alpha value is -0.570. The molecule has 2 atom stereocenters. The van der Waals surface area contributed by atoms with Gasteiger partial charge in [0, 0.05) is 12.6 Å². The Morgan fingerprint density at radius 1 is 1.24 bits per heavy atom. The number of nitrogens with one attached hydrogen (secondary N) is 1. The van der Waals surface area contributed by atoms with Crippen LogP contribution >= 0.6 is 0 Å². The van der Waals surface area contributed by atoms with E-state index >= 15 is 0 Å². The second kappa shape index (κ2) is 5.38. The lowest BCUT2D eigenvalue weighted by molar-refractivity contribution is -0.126. The monoisotopic (exact) mass is 238 g/mol. The number of carbonyl (C=O) groups excluding carboxylic acids is 1. The molecule has 2 aliphatic rings. The van der Waals surface area contributed by atoms with Crippen molar-refractivity contribution in [2.45, 2.75) is 64.3 Å². The highest BCUT2D eigenvalue weighted by molar-refractivity contribution is 5.79. The second-order valence-corrected chi connectivity index (χ2v) is 6.29. The van der Waals surface area contributed by atoms with E-state index in [0.29, 0.717) is 5.41 Å². The number of carbonyl (C=O) groups is 1. The van der Waals surface area contributed by atoms with E-state index in [0.717, 1.165) is 25.8 Å². The first kappa shape index (κ1) is 12.9. The van der Waals surface area contributed by atoms with Gasteiger partial charge < -0.3 is 11.1 Å². The third-order valence-corrected chi connectivity index (χ3v) is 4.66. The maximum atomic E-state index is 12.1. The van der Waals surface area contributed by atoms with Crippen molar-refractivity contribution in [2.75, 3.05) is 6.54 Å². The quantitative estimate of drug-likeness (QED) is 0.792. The van der Waals surface area contributed by atoms with Crippen molar-refractivity contribution in [3.8, 4) is 0 Å². The van der Waals surface area contributed by atoms with Crippen molar-refractivity contribution in [3.63, 3.8) is 0 Å². The molecule has 0 bridgehead atoms. The van der Waals surface area contributed by atoms with Crippen LogP contribution in [0.5, 0.6) is 0 Å². The van der Waals surface area contributed by atoms with Crippen LogP contribution in [-0.4, -0.2) is 18.5 Å². The summed E-state index contributed by atoms with van der Waals surface area (Å²) >= 11 is 0. The van der Waals surface area contributed by atoms with Gasteiger partial charge in [-0.25, -0.2) is 0 Å². The molecule has 0 aromatic rings. The van der Waals surface area contributed by atoms with Crippen LogP contribution in [0.4, 0.5) is 0 Å². The average molecular weight is 238 g/mol. The molecule has 17 heavy (non-hydrogen) atoms. The van der Waals surface area contributed by atoms with Crippen molar-refractivity contribution in [1.29, 1.82) is 0 Å². The van der Waals surface area contributed by atoms with Gasteiger partial charge in [0.05, 0.1) is 5.92 Å². The Morgan fingerprint density at radius 2 is 1.88 bits per heavy atom. The van der Waals surface area contributed by atoms with Crippen molar-refractivity contribution >= 4 is 5.91 Å². The summed E-state index contributed by atoms with van der Waals surface area (Å²) in [6.45, 7) is 3.14. The van der Waals surface area contributed by atoms with E-state index in [2.05, 4.69) is 12.2 Å². The molecule has 2 fully saturated rings. The molecule has 0 aromatic carbocycles. The maximum absolute atomic E-state index is 12.1. The topological polar surface area (TPSA) is 55.1 Å². The van der Waals surface area contributed by atoms with Gasteiger partial charge in [-0.2, -0.15) is 0 Å². The lowest BCUT2D eigenvalue weighted by atomic mass is 9.83. The third kappa shape index (κ3) is 3.21. The van der Waals surface area contributed by atoms with Gasteiger partial charge in [-0.05, 0) is 31.1 Å². The number of hydrogen-bond acceptors (Lipinski definition) is 2. The van der Waals surface area contributed by atoms with E-state index < -0.39 is 0 Å². The predicted octanol–water partition coefficient (Wildman–Crippen LogP) is 2.20. The molecule has 0 saturated heterocycles. The summed E-state index contributed by atoms with van der Waals surface area (Å²) < 4.78 is 0. The fourth-order valence-corrected chi connectivity index (χ4v) is 3.32. The van der Waals surface area contributed by atoms with Crippen molar-refractivity contribution in [1.82, 2.24) is 5.32 Å². The molecular weight excluding hydrogens is 212 g/mol. The summed E-state index contributed by atoms with van der Waals surface area (Å²) in [6.07, 6.45) is 9.46. The Labute approximate surface area is 105 Å². The van der Waals surface area contributed by atoms with Crippen LogP contribution < -0.4 is 11.1 Å². The summed E-state index contributed by atoms with van der Waals surface area (Å²) in [6, 6.07) is 0.0835. The standard InChI is InChI=1S/C14H26N2O/c1-14(8-4-5-9-14)10-16-13(17)11-6-2-3-7-12(11)15/h11-12H,2-10,15H2,1H3,(H,16,17). The molecule has 2 saturated carbocycles. The van der Waals surface area contributed by atoms with E-state index in [9.17, 15) is 4.79 Å². The minimum atomic E-state index is 0.0637. The van der Waals surface area contributed by atoms with Crippen LogP contribution in [0.2, 0.25) is 0 Å². The fraction of sp³-hybridized carbons (Fsp3) is 0.929. The molecule has 0 heterocycles. The summed E-state index contributed by atoms with van der Waals surface area (Å²) in [5.74, 6) is 0.263. The first-order valence-corrected chi connectivity index (χ1v) is 7.14. The largest absolute Gasteiger partial charge is 0.355 e. The Bertz CT molecular complexity index is 271. The molecule has 98 valence electrons. The summed E-state index contributed by atoms with van der Waals surface area (Å²) in [7, 11) is 0. The fourth-order valence-electron chi connectivity index (χ4n) is 3.32. The Morgan fingerprint density at radius 3 is 2.53 bits per heavy atom. The Balaban J connectivity index is 1.80. The second-order valence-electron chi connectivity index (χ2n) is 6.29. The zero-order chi connectivity index (χ0) is 12.3. The van der Waals surface area contributed by atoms with Crippen LogP contribution in [0, 0.1) is 11.3 Å². The molecule has 3 nitrogen and oxygen atoms in total. The van der Waals surface area contributed by atoms with Gasteiger partial charge in [0.15, 0.2) is 0 Å². The smallest absolute Gasteiger partial charge is 0.224 e. The summed E-state index contributed by atoms with van der Waals surface area (Å²) in [4.78, 5) is 12.1. The molecule has 3 N–H and O–H groups in total. The summed E-state index contributed by atoms with van der Waals surface area (Å²) in [5.41, 5.74) is 6.38. The number of nitrogens with two attached hydrogens (primary N) is 1. The predicted molar refractivity (Wildman–Crippen MR) is 69.5 cm³/mol. The van der Waals surface area contributed by atoms with Crippen LogP contribution in [0.15, 0.2) is 0 Å². The molecule has 2 unspecified atom stereocenters. The molecule has 0 aromatic heterocycles. The van der Waals surface area contributed by atoms with Crippen LogP contribution in [0.25, 0.3) is 0 Å². The summed E-state index contributed by atoms with van der Waals surface area (Å²) in [5, 5.41) is 3.15. The SMILES string of the molecule is CC1(CNC(=O)C2CCCCC2N)CCCC1. The minimum absolute atomic E-state index is 0.0637. The highest BCUT2D eigenvalue weighted by Gasteiger charge is 2.32. The van der Waals surface area contributed by atoms with Crippen molar-refractivity contribution < 1.29 is 4.79 Å². The zero-order valence-corrected chi connectivity index (χ0v) is 11.0. The van der Waals surface area contributed by atoms with Crippen LogP contribution in [0.1, 0.15) is 58.3 Å². The van der Waals surface area contributed by atoms with E-state index in [4.69, 9.17) is 5.73 Å². The van der Waals surface area contributed by atoms with E-state index in [1.807, 2.05) is 0 Å². The van der Waals surface area contributed by atoms with Crippen molar-refractivity contribution in [2.24, 2.45) is 17.1 Å². The third-order valence-electron chi connectivity index (χ3n) is 4.66. The molecule has 2 rings (SSSR count). The van der Waals surface area contributed by atoms with Gasteiger partial charge in [-0.1, -0.05) is 32.6 Å². The first-order chi connectivity index (χ1) is 8.11. The van der Waals surface area contributed by atoms with Gasteiger partial charge >= 0.3 is 0 Å². The van der Waals surface area contributed by atoms with Crippen LogP contribution in [-0.2, 0) is 4.79 Å². The Kier molecular flexibility index (Phi) is 4.08. The molecule has 1 amide bonds. The average Bonchev–Trinajstić information content (AvgIpc) is 2.74. The molecule has 0 spiro atoms. The molecule has 0 aliphatic heterocycles. The number of hydrogen-bond donors (Lipinski definition) is 2. The van der Waals surface area contributed by atoms with Gasteiger partial charge in [-0.15, -0.1) is 0 Å².